The van der Waals surface area contributed by atoms with Gasteiger partial charge in [-0.1, -0.05) is 13.8 Å². The van der Waals surface area contributed by atoms with Crippen LogP contribution in [0, 0.1) is 63.2 Å². The second kappa shape index (κ2) is 11.1. The van der Waals surface area contributed by atoms with Crippen molar-refractivity contribution in [3.63, 3.8) is 0 Å². The molecule has 3 heteroatoms. The van der Waals surface area contributed by atoms with Crippen LogP contribution >= 0.6 is 0 Å². The van der Waals surface area contributed by atoms with Gasteiger partial charge in [-0.2, -0.15) is 0 Å². The van der Waals surface area contributed by atoms with Crippen molar-refractivity contribution in [2.24, 2.45) is 0 Å². The predicted molar refractivity (Wildman–Crippen MR) is 73.5 cm³/mol. The summed E-state index contributed by atoms with van der Waals surface area (Å²) < 4.78 is 0. The molecule has 0 bridgehead atoms. The van der Waals surface area contributed by atoms with Crippen LogP contribution in [0.4, 0.5) is 0 Å². The molecule has 2 rings (SSSR count). The van der Waals surface area contributed by atoms with Crippen LogP contribution in [-0.4, -0.2) is 22.4 Å². The summed E-state index contributed by atoms with van der Waals surface area (Å²) in [4.78, 5) is 0. The summed E-state index contributed by atoms with van der Waals surface area (Å²) in [5.74, 6) is 2.05. The third-order valence-corrected chi connectivity index (χ3v) is 2.92. The molecule has 2 nitrogen and oxygen atoms in total. The Morgan fingerprint density at radius 2 is 1.00 bits per heavy atom. The zero-order chi connectivity index (χ0) is 13.4. The molecule has 2 aliphatic carbocycles. The monoisotopic (exact) mass is 302 g/mol. The molecular formula is C16H22FeO2+2. The molecule has 2 saturated carbocycles. The summed E-state index contributed by atoms with van der Waals surface area (Å²) in [6, 6.07) is 0. The van der Waals surface area contributed by atoms with E-state index < -0.39 is 0 Å². The Kier molecular flexibility index (Phi) is 11.4. The molecule has 0 aromatic carbocycles. The third kappa shape index (κ3) is 7.13. The second-order valence-electron chi connectivity index (χ2n) is 4.28. The van der Waals surface area contributed by atoms with E-state index in [1.807, 2.05) is 65.2 Å². The molecule has 0 unspecified atom stereocenters. The van der Waals surface area contributed by atoms with Gasteiger partial charge in [-0.05, 0) is 64.2 Å². The standard InChI is InChI=1S/2C8H11O.Fe/c2*1-2-8(9)7-5-3-4-6-7;/h2*3-6,8-9H,2H2,1H3;/q;;+2/t2*8-;/m00./s1. The van der Waals surface area contributed by atoms with Gasteiger partial charge in [0, 0.05) is 11.8 Å². The van der Waals surface area contributed by atoms with Crippen molar-refractivity contribution in [2.45, 2.75) is 38.9 Å². The molecule has 0 spiro atoms. The molecule has 2 N–H and O–H groups in total. The van der Waals surface area contributed by atoms with Gasteiger partial charge in [0.15, 0.2) is 0 Å². The summed E-state index contributed by atoms with van der Waals surface area (Å²) in [6.45, 7) is 3.94. The molecule has 0 aromatic rings. The molecule has 104 valence electrons. The average molecular weight is 302 g/mol. The van der Waals surface area contributed by atoms with Gasteiger partial charge in [-0.15, -0.1) is 0 Å². The maximum atomic E-state index is 9.22. The van der Waals surface area contributed by atoms with E-state index in [2.05, 4.69) is 0 Å². The van der Waals surface area contributed by atoms with E-state index in [0.717, 1.165) is 24.7 Å². The SMILES string of the molecule is CC[C@H](O)[C]1[CH][CH][CH][CH]1.CC[C@H](O)[C]1[CH][CH][CH][CH]1.[Fe+2]. The van der Waals surface area contributed by atoms with Crippen LogP contribution < -0.4 is 0 Å². The molecule has 2 aliphatic rings. The molecule has 0 heterocycles. The van der Waals surface area contributed by atoms with Gasteiger partial charge in [0.2, 0.25) is 0 Å². The Labute approximate surface area is 129 Å². The summed E-state index contributed by atoms with van der Waals surface area (Å²) in [7, 11) is 0. The molecule has 0 saturated heterocycles. The van der Waals surface area contributed by atoms with E-state index >= 15 is 0 Å². The molecule has 10 radical (unpaired) electrons. The first-order chi connectivity index (χ1) is 8.69. The maximum Gasteiger partial charge on any atom is 2.00 e. The molecule has 0 aromatic heterocycles. The van der Waals surface area contributed by atoms with Gasteiger partial charge < -0.3 is 10.2 Å². The Bertz CT molecular complexity index is 177. The average Bonchev–Trinajstić information content (AvgIpc) is 3.09. The first-order valence-corrected chi connectivity index (χ1v) is 6.48. The van der Waals surface area contributed by atoms with Crippen LogP contribution in [0.2, 0.25) is 0 Å². The number of hydrogen-bond acceptors (Lipinski definition) is 2. The van der Waals surface area contributed by atoms with E-state index in [1.54, 1.807) is 0 Å². The third-order valence-electron chi connectivity index (χ3n) is 2.92. The zero-order valence-corrected chi connectivity index (χ0v) is 12.5. The van der Waals surface area contributed by atoms with Gasteiger partial charge in [0.05, 0.1) is 12.2 Å². The van der Waals surface area contributed by atoms with Crippen molar-refractivity contribution >= 4 is 0 Å². The van der Waals surface area contributed by atoms with Crippen LogP contribution in [-0.2, 0) is 17.1 Å². The summed E-state index contributed by atoms with van der Waals surface area (Å²) in [6.07, 6.45) is 16.6. The van der Waals surface area contributed by atoms with Crippen molar-refractivity contribution in [2.75, 3.05) is 0 Å². The topological polar surface area (TPSA) is 40.5 Å². The fourth-order valence-corrected chi connectivity index (χ4v) is 1.69. The van der Waals surface area contributed by atoms with Gasteiger partial charge in [0.25, 0.3) is 0 Å². The van der Waals surface area contributed by atoms with E-state index in [1.165, 1.54) is 0 Å². The minimum atomic E-state index is -0.264. The first-order valence-electron chi connectivity index (χ1n) is 6.48. The molecular weight excluding hydrogens is 280 g/mol. The van der Waals surface area contributed by atoms with E-state index in [0.29, 0.717) is 0 Å². The number of hydrogen-bond donors (Lipinski definition) is 2. The summed E-state index contributed by atoms with van der Waals surface area (Å²) >= 11 is 0. The van der Waals surface area contributed by atoms with Crippen molar-refractivity contribution < 1.29 is 27.3 Å². The molecule has 19 heavy (non-hydrogen) atoms. The number of aliphatic hydroxyl groups is 2. The summed E-state index contributed by atoms with van der Waals surface area (Å²) in [5, 5.41) is 18.4. The largest absolute Gasteiger partial charge is 2.00 e. The van der Waals surface area contributed by atoms with Gasteiger partial charge in [0.1, 0.15) is 0 Å². The number of rotatable bonds is 4. The molecule has 2 atom stereocenters. The van der Waals surface area contributed by atoms with E-state index in [-0.39, 0.29) is 29.3 Å². The second-order valence-corrected chi connectivity index (χ2v) is 4.28. The summed E-state index contributed by atoms with van der Waals surface area (Å²) in [5.41, 5.74) is 0. The van der Waals surface area contributed by atoms with Crippen molar-refractivity contribution in [3.05, 3.63) is 63.2 Å². The minimum Gasteiger partial charge on any atom is -0.393 e. The normalized spacial score (nSPS) is 23.4. The Morgan fingerprint density at radius 3 is 1.21 bits per heavy atom. The maximum absolute atomic E-state index is 9.22. The first kappa shape index (κ1) is 19.4. The van der Waals surface area contributed by atoms with E-state index in [4.69, 9.17) is 0 Å². The smallest absolute Gasteiger partial charge is 0.393 e. The predicted octanol–water partition coefficient (Wildman–Crippen LogP) is 2.32. The van der Waals surface area contributed by atoms with Crippen molar-refractivity contribution in [3.8, 4) is 0 Å². The Hall–Kier alpha value is 0.439. The van der Waals surface area contributed by atoms with Crippen molar-refractivity contribution in [1.82, 2.24) is 0 Å². The van der Waals surface area contributed by atoms with Crippen LogP contribution in [0.1, 0.15) is 26.7 Å². The van der Waals surface area contributed by atoms with Crippen LogP contribution in [0.25, 0.3) is 0 Å². The molecule has 0 aliphatic heterocycles. The van der Waals surface area contributed by atoms with E-state index in [9.17, 15) is 10.2 Å². The quantitative estimate of drug-likeness (QED) is 0.783. The number of aliphatic hydroxyl groups excluding tert-OH is 2. The minimum absolute atomic E-state index is 0. The fourth-order valence-electron chi connectivity index (χ4n) is 1.69. The van der Waals surface area contributed by atoms with Gasteiger partial charge in [-0.3, -0.25) is 0 Å². The van der Waals surface area contributed by atoms with Crippen molar-refractivity contribution in [1.29, 1.82) is 0 Å². The fraction of sp³-hybridized carbons (Fsp3) is 0.375. The molecule has 2 fully saturated rings. The zero-order valence-electron chi connectivity index (χ0n) is 11.4. The Morgan fingerprint density at radius 1 is 0.737 bits per heavy atom. The van der Waals surface area contributed by atoms with Gasteiger partial charge in [-0.25, -0.2) is 0 Å². The molecule has 0 amide bonds. The van der Waals surface area contributed by atoms with Crippen LogP contribution in [0.3, 0.4) is 0 Å². The Balaban J connectivity index is 0.000000324. The van der Waals surface area contributed by atoms with Gasteiger partial charge >= 0.3 is 17.1 Å². The van der Waals surface area contributed by atoms with Crippen LogP contribution in [0.5, 0.6) is 0 Å². The van der Waals surface area contributed by atoms with Crippen LogP contribution in [0.15, 0.2) is 0 Å².